The van der Waals surface area contributed by atoms with Crippen LogP contribution in [0.1, 0.15) is 12.8 Å². The molecule has 0 saturated carbocycles. The predicted octanol–water partition coefficient (Wildman–Crippen LogP) is -2.52. The SMILES string of the molecule is CS(=O)(=O)CCC/C(=N\OS(=O)(=O)O)SC1OC(CO)C(O)C(O)C1O. The van der Waals surface area contributed by atoms with E-state index in [0.717, 1.165) is 6.26 Å². The smallest absolute Gasteiger partial charge is 0.394 e. The standard InChI is InChI=1S/C11H21NO11S3/c1-25(17,18)4-2-3-7(12-23-26(19,20)21)24-11-10(16)9(15)8(14)6(5-13)22-11/h6,8-11,13-16H,2-5H2,1H3,(H,19,20,21)/b12-7+. The second-order valence-corrected chi connectivity index (χ2v) is 9.97. The van der Waals surface area contributed by atoms with Crippen LogP contribution in [0.25, 0.3) is 0 Å². The summed E-state index contributed by atoms with van der Waals surface area (Å²) in [5, 5.41) is 41.6. The number of aliphatic hydroxyl groups excluding tert-OH is 4. The van der Waals surface area contributed by atoms with Crippen molar-refractivity contribution in [2.75, 3.05) is 18.6 Å². The van der Waals surface area contributed by atoms with E-state index in [4.69, 9.17) is 14.4 Å². The van der Waals surface area contributed by atoms with E-state index in [1.165, 1.54) is 0 Å². The monoisotopic (exact) mass is 439 g/mol. The summed E-state index contributed by atoms with van der Waals surface area (Å²) >= 11 is 0.590. The number of nitrogens with zero attached hydrogens (tertiary/aromatic N) is 1. The summed E-state index contributed by atoms with van der Waals surface area (Å²) in [5.41, 5.74) is -1.27. The number of hydrogen-bond donors (Lipinski definition) is 5. The van der Waals surface area contributed by atoms with Gasteiger partial charge in [-0.05, 0) is 6.42 Å². The maximum absolute atomic E-state index is 11.2. The minimum absolute atomic E-state index is 0.0247. The van der Waals surface area contributed by atoms with Crippen LogP contribution in [0.5, 0.6) is 0 Å². The van der Waals surface area contributed by atoms with E-state index in [-0.39, 0.29) is 23.6 Å². The van der Waals surface area contributed by atoms with Gasteiger partial charge in [0.2, 0.25) is 0 Å². The lowest BCUT2D eigenvalue weighted by molar-refractivity contribution is -0.205. The molecule has 0 radical (unpaired) electrons. The molecule has 0 bridgehead atoms. The van der Waals surface area contributed by atoms with Crippen LogP contribution in [-0.4, -0.2) is 95.3 Å². The van der Waals surface area contributed by atoms with Crippen LogP contribution in [-0.2, 0) is 29.3 Å². The molecule has 5 unspecified atom stereocenters. The van der Waals surface area contributed by atoms with E-state index in [0.29, 0.717) is 11.8 Å². The van der Waals surface area contributed by atoms with E-state index in [9.17, 15) is 32.2 Å². The minimum atomic E-state index is -4.91. The first-order valence-electron chi connectivity index (χ1n) is 7.22. The molecule has 5 N–H and O–H groups in total. The summed E-state index contributed by atoms with van der Waals surface area (Å²) < 4.78 is 61.4. The third kappa shape index (κ3) is 8.01. The van der Waals surface area contributed by atoms with Gasteiger partial charge in [0.25, 0.3) is 0 Å². The Kier molecular flexibility index (Phi) is 8.69. The summed E-state index contributed by atoms with van der Waals surface area (Å²) in [6.45, 7) is -0.663. The fraction of sp³-hybridized carbons (Fsp3) is 0.909. The van der Waals surface area contributed by atoms with Crippen molar-refractivity contribution in [2.45, 2.75) is 42.7 Å². The third-order valence-corrected chi connectivity index (χ3v) is 5.71. The highest BCUT2D eigenvalue weighted by atomic mass is 32.3. The number of aliphatic hydroxyl groups is 4. The van der Waals surface area contributed by atoms with Gasteiger partial charge in [-0.2, -0.15) is 8.42 Å². The predicted molar refractivity (Wildman–Crippen MR) is 90.4 cm³/mol. The van der Waals surface area contributed by atoms with Gasteiger partial charge in [0, 0.05) is 12.7 Å². The fourth-order valence-corrected chi connectivity index (χ4v) is 4.01. The van der Waals surface area contributed by atoms with E-state index in [1.54, 1.807) is 0 Å². The van der Waals surface area contributed by atoms with Crippen LogP contribution in [0.2, 0.25) is 0 Å². The highest BCUT2D eigenvalue weighted by Gasteiger charge is 2.44. The van der Waals surface area contributed by atoms with Crippen molar-refractivity contribution in [2.24, 2.45) is 5.16 Å². The zero-order valence-corrected chi connectivity index (χ0v) is 16.0. The lowest BCUT2D eigenvalue weighted by atomic mass is 10.0. The number of sulfone groups is 1. The quantitative estimate of drug-likeness (QED) is 0.115. The van der Waals surface area contributed by atoms with Crippen LogP contribution >= 0.6 is 11.8 Å². The minimum Gasteiger partial charge on any atom is -0.394 e. The molecule has 5 atom stereocenters. The van der Waals surface area contributed by atoms with E-state index in [2.05, 4.69) is 9.44 Å². The van der Waals surface area contributed by atoms with Gasteiger partial charge < -0.3 is 25.2 Å². The molecule has 0 aromatic heterocycles. The van der Waals surface area contributed by atoms with Gasteiger partial charge in [-0.3, -0.25) is 4.55 Å². The van der Waals surface area contributed by atoms with Gasteiger partial charge in [0.05, 0.1) is 12.4 Å². The Morgan fingerprint density at radius 2 is 1.77 bits per heavy atom. The van der Waals surface area contributed by atoms with Gasteiger partial charge >= 0.3 is 10.4 Å². The van der Waals surface area contributed by atoms with E-state index < -0.39 is 56.7 Å². The molecule has 0 amide bonds. The van der Waals surface area contributed by atoms with E-state index >= 15 is 0 Å². The molecule has 1 heterocycles. The van der Waals surface area contributed by atoms with Crippen molar-refractivity contribution >= 4 is 37.0 Å². The number of ether oxygens (including phenoxy) is 1. The van der Waals surface area contributed by atoms with Crippen molar-refractivity contribution in [1.82, 2.24) is 0 Å². The van der Waals surface area contributed by atoms with Gasteiger partial charge in [-0.25, -0.2) is 12.7 Å². The molecule has 1 fully saturated rings. The molecule has 26 heavy (non-hydrogen) atoms. The van der Waals surface area contributed by atoms with Gasteiger partial charge in [-0.15, -0.1) is 0 Å². The molecule has 0 aromatic rings. The highest BCUT2D eigenvalue weighted by molar-refractivity contribution is 8.14. The summed E-state index contributed by atoms with van der Waals surface area (Å²) in [5.74, 6) is -0.243. The Labute approximate surface area is 154 Å². The van der Waals surface area contributed by atoms with Crippen LogP contribution < -0.4 is 0 Å². The van der Waals surface area contributed by atoms with Crippen molar-refractivity contribution < 1.29 is 50.8 Å². The Morgan fingerprint density at radius 1 is 1.15 bits per heavy atom. The second-order valence-electron chi connectivity index (χ2n) is 5.54. The molecule has 15 heteroatoms. The van der Waals surface area contributed by atoms with Crippen LogP contribution in [0, 0.1) is 0 Å². The zero-order chi connectivity index (χ0) is 20.1. The molecule has 0 aromatic carbocycles. The molecular weight excluding hydrogens is 418 g/mol. The van der Waals surface area contributed by atoms with Crippen molar-refractivity contribution in [3.63, 3.8) is 0 Å². The highest BCUT2D eigenvalue weighted by Crippen LogP contribution is 2.30. The Balaban J connectivity index is 2.88. The normalized spacial score (nSPS) is 31.0. The average molecular weight is 439 g/mol. The molecule has 12 nitrogen and oxygen atoms in total. The third-order valence-electron chi connectivity index (χ3n) is 3.24. The Morgan fingerprint density at radius 3 is 2.27 bits per heavy atom. The maximum atomic E-state index is 11.2. The average Bonchev–Trinajstić information content (AvgIpc) is 2.50. The number of rotatable bonds is 8. The summed E-state index contributed by atoms with van der Waals surface area (Å²) in [4.78, 5) is 0. The molecule has 1 rings (SSSR count). The lowest BCUT2D eigenvalue weighted by Gasteiger charge is -2.39. The topological polar surface area (TPSA) is 200 Å². The first-order chi connectivity index (χ1) is 11.8. The van der Waals surface area contributed by atoms with Gasteiger partial charge in [-0.1, -0.05) is 16.9 Å². The first-order valence-corrected chi connectivity index (χ1v) is 11.5. The van der Waals surface area contributed by atoms with Crippen molar-refractivity contribution in [1.29, 1.82) is 0 Å². The number of hydrogen-bond acceptors (Lipinski definition) is 12. The maximum Gasteiger partial charge on any atom is 0.466 e. The van der Waals surface area contributed by atoms with Crippen molar-refractivity contribution in [3.8, 4) is 0 Å². The van der Waals surface area contributed by atoms with Crippen LogP contribution in [0.3, 0.4) is 0 Å². The Bertz CT molecular complexity index is 690. The van der Waals surface area contributed by atoms with Gasteiger partial charge in [0.15, 0.2) is 0 Å². The molecule has 0 spiro atoms. The summed E-state index contributed by atoms with van der Waals surface area (Å²) in [6.07, 6.45) is -5.12. The van der Waals surface area contributed by atoms with E-state index in [1.807, 2.05) is 0 Å². The number of oxime groups is 1. The Hall–Kier alpha value is -0.520. The van der Waals surface area contributed by atoms with Crippen LogP contribution in [0.4, 0.5) is 0 Å². The van der Waals surface area contributed by atoms with Crippen molar-refractivity contribution in [3.05, 3.63) is 0 Å². The lowest BCUT2D eigenvalue weighted by Crippen LogP contribution is -2.57. The fourth-order valence-electron chi connectivity index (χ4n) is 2.00. The summed E-state index contributed by atoms with van der Waals surface area (Å²) in [6, 6.07) is 0. The first kappa shape index (κ1) is 23.5. The molecule has 154 valence electrons. The van der Waals surface area contributed by atoms with Gasteiger partial charge in [0.1, 0.15) is 44.7 Å². The molecule has 1 aliphatic rings. The molecular formula is C11H21NO11S3. The second kappa shape index (κ2) is 9.61. The molecule has 1 saturated heterocycles. The van der Waals surface area contributed by atoms with Crippen LogP contribution in [0.15, 0.2) is 5.16 Å². The largest absolute Gasteiger partial charge is 0.466 e. The molecule has 1 aliphatic heterocycles. The summed E-state index contributed by atoms with van der Waals surface area (Å²) in [7, 11) is -8.21. The number of thioether (sulfide) groups is 1. The molecule has 0 aliphatic carbocycles. The zero-order valence-electron chi connectivity index (χ0n) is 13.6.